The molecule has 0 aliphatic rings. The van der Waals surface area contributed by atoms with Gasteiger partial charge in [0.1, 0.15) is 0 Å². The molecule has 0 spiro atoms. The molecule has 1 unspecified atom stereocenters. The molecule has 0 heterocycles. The predicted molar refractivity (Wildman–Crippen MR) is 74.8 cm³/mol. The zero-order valence-corrected chi connectivity index (χ0v) is 13.4. The first-order chi connectivity index (χ1) is 7.49. The summed E-state index contributed by atoms with van der Waals surface area (Å²) in [7, 11) is -0.680. The van der Waals surface area contributed by atoms with Crippen LogP contribution in [0.2, 0.25) is 25.7 Å². The zero-order chi connectivity index (χ0) is 12.4. The third-order valence-corrected chi connectivity index (χ3v) is 5.86. The van der Waals surface area contributed by atoms with Crippen LogP contribution in [0.25, 0.3) is 0 Å². The van der Waals surface area contributed by atoms with Crippen LogP contribution < -0.4 is 11.1 Å². The molecule has 0 saturated carbocycles. The van der Waals surface area contributed by atoms with Gasteiger partial charge in [0.2, 0.25) is 0 Å². The smallest absolute Gasteiger partial charge is 0.200 e. The molecule has 0 radical (unpaired) electrons. The minimum absolute atomic E-state index is 0.712. The lowest BCUT2D eigenvalue weighted by Crippen LogP contribution is -2.34. The summed E-state index contributed by atoms with van der Waals surface area (Å²) in [5.41, 5.74) is 5.40. The summed E-state index contributed by atoms with van der Waals surface area (Å²) < 4.78 is 11.4. The second-order valence-corrected chi connectivity index (χ2v) is 12.1. The van der Waals surface area contributed by atoms with Crippen LogP contribution in [0.5, 0.6) is 0 Å². The van der Waals surface area contributed by atoms with E-state index in [-0.39, 0.29) is 0 Å². The zero-order valence-electron chi connectivity index (χ0n) is 11.2. The fourth-order valence-electron chi connectivity index (χ4n) is 1.29. The van der Waals surface area contributed by atoms with Crippen molar-refractivity contribution in [3.63, 3.8) is 0 Å². The fourth-order valence-corrected chi connectivity index (χ4v) is 5.24. The van der Waals surface area contributed by atoms with E-state index >= 15 is 0 Å². The summed E-state index contributed by atoms with van der Waals surface area (Å²) in [5.74, 6) is 0. The van der Waals surface area contributed by atoms with Crippen molar-refractivity contribution in [1.82, 2.24) is 5.32 Å². The first-order valence-corrected chi connectivity index (χ1v) is 11.6. The minimum atomic E-state index is -1.37. The van der Waals surface area contributed by atoms with E-state index in [4.69, 9.17) is 14.6 Å². The van der Waals surface area contributed by atoms with Crippen molar-refractivity contribution in [2.45, 2.75) is 32.1 Å². The maximum atomic E-state index is 5.90. The molecular formula is C10H28N2O2Si2. The Morgan fingerprint density at radius 1 is 1.25 bits per heavy atom. The van der Waals surface area contributed by atoms with Gasteiger partial charge >= 0.3 is 0 Å². The highest BCUT2D eigenvalue weighted by atomic mass is 28.4. The molecule has 0 aromatic rings. The molecule has 16 heavy (non-hydrogen) atoms. The summed E-state index contributed by atoms with van der Waals surface area (Å²) in [5, 5.41) is 3.30. The lowest BCUT2D eigenvalue weighted by Gasteiger charge is -2.21. The van der Waals surface area contributed by atoms with Crippen LogP contribution in [-0.2, 0) is 8.85 Å². The molecule has 0 amide bonds. The number of hydrogen-bond acceptors (Lipinski definition) is 4. The fraction of sp³-hybridized carbons (Fsp3) is 1.00. The number of rotatable bonds is 10. The molecule has 0 fully saturated rings. The van der Waals surface area contributed by atoms with Crippen LogP contribution in [0.4, 0.5) is 0 Å². The Hall–Kier alpha value is 0.274. The Labute approximate surface area is 103 Å². The van der Waals surface area contributed by atoms with Gasteiger partial charge < -0.3 is 19.9 Å². The van der Waals surface area contributed by atoms with Crippen LogP contribution >= 0.6 is 0 Å². The summed E-state index contributed by atoms with van der Waals surface area (Å²) in [6, 6.07) is 1.18. The van der Waals surface area contributed by atoms with Crippen molar-refractivity contribution in [2.75, 3.05) is 33.0 Å². The summed E-state index contributed by atoms with van der Waals surface area (Å²) >= 11 is 0. The molecule has 98 valence electrons. The van der Waals surface area contributed by atoms with E-state index in [0.29, 0.717) is 6.54 Å². The van der Waals surface area contributed by atoms with Crippen LogP contribution in [-0.4, -0.2) is 50.3 Å². The molecule has 6 heteroatoms. The second-order valence-electron chi connectivity index (χ2n) is 4.96. The Bertz CT molecular complexity index is 165. The average Bonchev–Trinajstić information content (AvgIpc) is 2.21. The van der Waals surface area contributed by atoms with Crippen molar-refractivity contribution in [3.8, 4) is 0 Å². The molecule has 0 aromatic heterocycles. The molecular weight excluding hydrogens is 236 g/mol. The monoisotopic (exact) mass is 264 g/mol. The Kier molecular flexibility index (Phi) is 9.48. The standard InChI is InChI=1S/C10H28N2O2Si2/c1-13-15(10-14-16(2,3)4)9-5-7-12-8-6-11/h12,15H,5-11H2,1-4H3. The molecule has 0 saturated heterocycles. The largest absolute Gasteiger partial charge is 0.421 e. The van der Waals surface area contributed by atoms with Gasteiger partial charge in [0, 0.05) is 20.2 Å². The summed E-state index contributed by atoms with van der Waals surface area (Å²) in [6.07, 6.45) is 2.03. The molecule has 0 aliphatic heterocycles. The van der Waals surface area contributed by atoms with Gasteiger partial charge in [0.15, 0.2) is 17.4 Å². The molecule has 0 rings (SSSR count). The van der Waals surface area contributed by atoms with Gasteiger partial charge in [-0.05, 0) is 38.7 Å². The van der Waals surface area contributed by atoms with Crippen LogP contribution in [0.3, 0.4) is 0 Å². The van der Waals surface area contributed by atoms with Gasteiger partial charge in [-0.15, -0.1) is 0 Å². The van der Waals surface area contributed by atoms with Crippen molar-refractivity contribution in [2.24, 2.45) is 5.73 Å². The maximum absolute atomic E-state index is 5.90. The van der Waals surface area contributed by atoms with Crippen LogP contribution in [0, 0.1) is 0 Å². The van der Waals surface area contributed by atoms with Crippen molar-refractivity contribution < 1.29 is 8.85 Å². The highest BCUT2D eigenvalue weighted by Crippen LogP contribution is 2.06. The highest BCUT2D eigenvalue weighted by molar-refractivity contribution is 6.70. The Morgan fingerprint density at radius 2 is 1.94 bits per heavy atom. The minimum Gasteiger partial charge on any atom is -0.421 e. The Balaban J connectivity index is 3.52. The van der Waals surface area contributed by atoms with E-state index in [2.05, 4.69) is 25.0 Å². The molecule has 4 nitrogen and oxygen atoms in total. The number of nitrogens with one attached hydrogen (secondary N) is 1. The third-order valence-electron chi connectivity index (χ3n) is 2.24. The van der Waals surface area contributed by atoms with Gasteiger partial charge in [-0.3, -0.25) is 0 Å². The maximum Gasteiger partial charge on any atom is 0.200 e. The van der Waals surface area contributed by atoms with E-state index < -0.39 is 17.4 Å². The van der Waals surface area contributed by atoms with Gasteiger partial charge in [0.25, 0.3) is 0 Å². The lowest BCUT2D eigenvalue weighted by atomic mass is 10.5. The first kappa shape index (κ1) is 16.3. The van der Waals surface area contributed by atoms with E-state index in [1.54, 1.807) is 0 Å². The normalized spacial score (nSPS) is 14.1. The third kappa shape index (κ3) is 10.8. The SMILES string of the molecule is CO[SiH](CCCNCCN)CO[Si](C)(C)C. The summed E-state index contributed by atoms with van der Waals surface area (Å²) in [6.45, 7) is 9.32. The van der Waals surface area contributed by atoms with Gasteiger partial charge in [-0.25, -0.2) is 0 Å². The topological polar surface area (TPSA) is 56.5 Å². The van der Waals surface area contributed by atoms with E-state index in [9.17, 15) is 0 Å². The average molecular weight is 265 g/mol. The number of nitrogens with two attached hydrogens (primary N) is 1. The molecule has 0 aliphatic carbocycles. The lowest BCUT2D eigenvalue weighted by molar-refractivity contribution is 0.325. The molecule has 0 bridgehead atoms. The Morgan fingerprint density at radius 3 is 2.44 bits per heavy atom. The van der Waals surface area contributed by atoms with Gasteiger partial charge in [0.05, 0.1) is 6.23 Å². The molecule has 1 atom stereocenters. The van der Waals surface area contributed by atoms with Gasteiger partial charge in [-0.1, -0.05) is 0 Å². The van der Waals surface area contributed by atoms with Crippen molar-refractivity contribution in [3.05, 3.63) is 0 Å². The highest BCUT2D eigenvalue weighted by Gasteiger charge is 2.18. The van der Waals surface area contributed by atoms with E-state index in [0.717, 1.165) is 19.3 Å². The van der Waals surface area contributed by atoms with Crippen LogP contribution in [0.15, 0.2) is 0 Å². The molecule has 0 aromatic carbocycles. The van der Waals surface area contributed by atoms with Crippen LogP contribution in [0.1, 0.15) is 6.42 Å². The van der Waals surface area contributed by atoms with Crippen molar-refractivity contribution >= 4 is 17.4 Å². The first-order valence-electron chi connectivity index (χ1n) is 6.07. The number of hydrogen-bond donors (Lipinski definition) is 2. The van der Waals surface area contributed by atoms with Crippen molar-refractivity contribution in [1.29, 1.82) is 0 Å². The second kappa shape index (κ2) is 9.32. The van der Waals surface area contributed by atoms with Gasteiger partial charge in [-0.2, -0.15) is 0 Å². The van der Waals surface area contributed by atoms with E-state index in [1.165, 1.54) is 12.5 Å². The predicted octanol–water partition coefficient (Wildman–Crippen LogP) is 0.686. The molecule has 3 N–H and O–H groups in total. The quantitative estimate of drug-likeness (QED) is 0.450. The van der Waals surface area contributed by atoms with E-state index in [1.807, 2.05) is 7.11 Å². The summed E-state index contributed by atoms with van der Waals surface area (Å²) in [4.78, 5) is 0.